The van der Waals surface area contributed by atoms with Crippen LogP contribution in [0.25, 0.3) is 0 Å². The van der Waals surface area contributed by atoms with Gasteiger partial charge in [-0.3, -0.25) is 4.79 Å². The van der Waals surface area contributed by atoms with Crippen LogP contribution in [-0.2, 0) is 16.1 Å². The molecule has 0 aliphatic heterocycles. The van der Waals surface area contributed by atoms with Crippen LogP contribution in [0, 0.1) is 0 Å². The average Bonchev–Trinajstić information content (AvgIpc) is 2.91. The van der Waals surface area contributed by atoms with E-state index in [-0.39, 0.29) is 13.0 Å². The number of carbonyl (C=O) groups excluding carboxylic acids is 1. The fraction of sp³-hybridized carbons (Fsp3) is 0.200. The Morgan fingerprint density at radius 1 is 1.27 bits per heavy atom. The number of aliphatic carboxylic acids is 1. The summed E-state index contributed by atoms with van der Waals surface area (Å²) in [4.78, 5) is 22.8. The van der Waals surface area contributed by atoms with Crippen molar-refractivity contribution in [2.75, 3.05) is 0 Å². The highest BCUT2D eigenvalue weighted by Gasteiger charge is 2.21. The maximum Gasteiger partial charge on any atom is 0.407 e. The Kier molecular flexibility index (Phi) is 5.80. The summed E-state index contributed by atoms with van der Waals surface area (Å²) >= 11 is 7.29. The van der Waals surface area contributed by atoms with Crippen molar-refractivity contribution in [2.24, 2.45) is 0 Å². The molecule has 0 radical (unpaired) electrons. The lowest BCUT2D eigenvalue weighted by Crippen LogP contribution is -2.30. The van der Waals surface area contributed by atoms with Gasteiger partial charge in [0.05, 0.1) is 16.8 Å². The maximum atomic E-state index is 11.8. The molecule has 1 aromatic heterocycles. The predicted molar refractivity (Wildman–Crippen MR) is 84.1 cm³/mol. The number of carbonyl (C=O) groups is 2. The Bertz CT molecular complexity index is 644. The van der Waals surface area contributed by atoms with E-state index in [4.69, 9.17) is 21.4 Å². The van der Waals surface area contributed by atoms with Gasteiger partial charge in [0.1, 0.15) is 6.61 Å². The summed E-state index contributed by atoms with van der Waals surface area (Å²) in [6.07, 6.45) is -0.950. The second-order valence-electron chi connectivity index (χ2n) is 4.51. The topological polar surface area (TPSA) is 75.6 Å². The number of halogens is 1. The van der Waals surface area contributed by atoms with E-state index in [2.05, 4.69) is 5.32 Å². The van der Waals surface area contributed by atoms with Gasteiger partial charge in [0.2, 0.25) is 0 Å². The molecule has 1 amide bonds. The van der Waals surface area contributed by atoms with Crippen LogP contribution < -0.4 is 5.32 Å². The van der Waals surface area contributed by atoms with Crippen LogP contribution in [0.4, 0.5) is 4.79 Å². The number of ether oxygens (including phenoxy) is 1. The number of alkyl carbamates (subject to hydrolysis) is 1. The van der Waals surface area contributed by atoms with Gasteiger partial charge in [-0.05, 0) is 17.0 Å². The Morgan fingerprint density at radius 3 is 2.59 bits per heavy atom. The van der Waals surface area contributed by atoms with E-state index >= 15 is 0 Å². The monoisotopic (exact) mass is 339 g/mol. The molecule has 1 aromatic carbocycles. The fourth-order valence-corrected chi connectivity index (χ4v) is 2.90. The number of thiophene rings is 1. The zero-order valence-electron chi connectivity index (χ0n) is 11.5. The van der Waals surface area contributed by atoms with Crippen LogP contribution in [-0.4, -0.2) is 17.2 Å². The third-order valence-corrected chi connectivity index (χ3v) is 4.11. The van der Waals surface area contributed by atoms with Crippen LogP contribution in [0.3, 0.4) is 0 Å². The molecule has 22 heavy (non-hydrogen) atoms. The van der Waals surface area contributed by atoms with E-state index in [1.54, 1.807) is 11.4 Å². The van der Waals surface area contributed by atoms with Crippen LogP contribution in [0.1, 0.15) is 23.6 Å². The molecule has 0 saturated carbocycles. The molecule has 2 aromatic rings. The quantitative estimate of drug-likeness (QED) is 0.838. The van der Waals surface area contributed by atoms with Crippen molar-refractivity contribution in [3.63, 3.8) is 0 Å². The van der Waals surface area contributed by atoms with E-state index in [9.17, 15) is 9.59 Å². The second-order valence-corrected chi connectivity index (χ2v) is 6.02. The first-order chi connectivity index (χ1) is 10.6. The van der Waals surface area contributed by atoms with Gasteiger partial charge in [0.25, 0.3) is 0 Å². The molecular formula is C15H14ClNO4S. The van der Waals surface area contributed by atoms with Gasteiger partial charge in [-0.2, -0.15) is 0 Å². The van der Waals surface area contributed by atoms with Gasteiger partial charge in [-0.15, -0.1) is 11.3 Å². The smallest absolute Gasteiger partial charge is 0.407 e. The number of hydrogen-bond donors (Lipinski definition) is 2. The highest BCUT2D eigenvalue weighted by Crippen LogP contribution is 2.30. The number of amides is 1. The first-order valence-electron chi connectivity index (χ1n) is 6.48. The van der Waals surface area contributed by atoms with Crippen molar-refractivity contribution in [1.82, 2.24) is 5.32 Å². The summed E-state index contributed by atoms with van der Waals surface area (Å²) in [5.74, 6) is -1.03. The molecule has 116 valence electrons. The van der Waals surface area contributed by atoms with Crippen molar-refractivity contribution in [1.29, 1.82) is 0 Å². The highest BCUT2D eigenvalue weighted by atomic mass is 35.5. The molecule has 1 heterocycles. The van der Waals surface area contributed by atoms with Crippen LogP contribution in [0.15, 0.2) is 41.8 Å². The van der Waals surface area contributed by atoms with E-state index in [1.807, 2.05) is 30.3 Å². The second kappa shape index (κ2) is 7.82. The van der Waals surface area contributed by atoms with Gasteiger partial charge in [0.15, 0.2) is 0 Å². The molecular weight excluding hydrogens is 326 g/mol. The molecule has 0 aliphatic rings. The largest absolute Gasteiger partial charge is 0.481 e. The minimum atomic E-state index is -1.03. The lowest BCUT2D eigenvalue weighted by Gasteiger charge is -2.16. The molecule has 1 atom stereocenters. The standard InChI is InChI=1S/C15H14ClNO4S/c16-14-11(6-7-22-14)12(8-13(18)19)17-15(20)21-9-10-4-2-1-3-5-10/h1-7,12H,8-9H2,(H,17,20)(H,18,19). The Hall–Kier alpha value is -2.05. The van der Waals surface area contributed by atoms with Gasteiger partial charge < -0.3 is 15.2 Å². The van der Waals surface area contributed by atoms with Crippen molar-refractivity contribution < 1.29 is 19.4 Å². The molecule has 1 unspecified atom stereocenters. The summed E-state index contributed by atoms with van der Waals surface area (Å²) < 4.78 is 5.55. The Labute approximate surface area is 136 Å². The van der Waals surface area contributed by atoms with Gasteiger partial charge in [-0.25, -0.2) is 4.79 Å². The van der Waals surface area contributed by atoms with Gasteiger partial charge >= 0.3 is 12.1 Å². The predicted octanol–water partition coefficient (Wildman–Crippen LogP) is 3.84. The SMILES string of the molecule is O=C(O)CC(NC(=O)OCc1ccccc1)c1ccsc1Cl. The molecule has 0 saturated heterocycles. The maximum absolute atomic E-state index is 11.8. The lowest BCUT2D eigenvalue weighted by molar-refractivity contribution is -0.137. The van der Waals surface area contributed by atoms with E-state index < -0.39 is 18.1 Å². The molecule has 0 spiro atoms. The Morgan fingerprint density at radius 2 is 2.00 bits per heavy atom. The van der Waals surface area contributed by atoms with Crippen LogP contribution in [0.5, 0.6) is 0 Å². The van der Waals surface area contributed by atoms with Gasteiger partial charge in [-0.1, -0.05) is 41.9 Å². The lowest BCUT2D eigenvalue weighted by atomic mass is 10.1. The summed E-state index contributed by atoms with van der Waals surface area (Å²) in [7, 11) is 0. The molecule has 0 aliphatic carbocycles. The first-order valence-corrected chi connectivity index (χ1v) is 7.74. The average molecular weight is 340 g/mol. The number of rotatable bonds is 6. The summed E-state index contributed by atoms with van der Waals surface area (Å²) in [6.45, 7) is 0.115. The summed E-state index contributed by atoms with van der Waals surface area (Å²) in [6, 6.07) is 10.2. The molecule has 0 bridgehead atoms. The number of carboxylic acid groups (broad SMARTS) is 1. The van der Waals surface area contributed by atoms with E-state index in [1.165, 1.54) is 11.3 Å². The first kappa shape index (κ1) is 16.3. The minimum absolute atomic E-state index is 0.115. The minimum Gasteiger partial charge on any atom is -0.481 e. The molecule has 7 heteroatoms. The van der Waals surface area contributed by atoms with E-state index in [0.717, 1.165) is 5.56 Å². The molecule has 2 N–H and O–H groups in total. The number of carboxylic acids is 1. The third-order valence-electron chi connectivity index (χ3n) is 2.91. The van der Waals surface area contributed by atoms with E-state index in [0.29, 0.717) is 9.90 Å². The highest BCUT2D eigenvalue weighted by molar-refractivity contribution is 7.14. The van der Waals surface area contributed by atoms with Crippen molar-refractivity contribution in [3.8, 4) is 0 Å². The summed E-state index contributed by atoms with van der Waals surface area (Å²) in [5.41, 5.74) is 1.42. The van der Waals surface area contributed by atoms with Crippen LogP contribution in [0.2, 0.25) is 4.34 Å². The zero-order valence-corrected chi connectivity index (χ0v) is 13.1. The van der Waals surface area contributed by atoms with Crippen molar-refractivity contribution in [3.05, 3.63) is 57.2 Å². The zero-order chi connectivity index (χ0) is 15.9. The normalized spacial score (nSPS) is 11.7. The number of nitrogens with one attached hydrogen (secondary N) is 1. The van der Waals surface area contributed by atoms with Gasteiger partial charge in [0, 0.05) is 5.56 Å². The molecule has 5 nitrogen and oxygen atoms in total. The van der Waals surface area contributed by atoms with Crippen molar-refractivity contribution in [2.45, 2.75) is 19.1 Å². The van der Waals surface area contributed by atoms with Crippen LogP contribution >= 0.6 is 22.9 Å². The van der Waals surface area contributed by atoms with Crippen molar-refractivity contribution >= 4 is 35.0 Å². The Balaban J connectivity index is 1.96. The fourth-order valence-electron chi connectivity index (χ4n) is 1.87. The summed E-state index contributed by atoms with van der Waals surface area (Å²) in [5, 5.41) is 13.2. The molecule has 2 rings (SSSR count). The third kappa shape index (κ3) is 4.75. The number of benzene rings is 1. The number of hydrogen-bond acceptors (Lipinski definition) is 4. The molecule has 0 fully saturated rings.